The highest BCUT2D eigenvalue weighted by Gasteiger charge is 2.11. The Morgan fingerprint density at radius 3 is 2.67 bits per heavy atom. The van der Waals surface area contributed by atoms with E-state index in [1.807, 2.05) is 6.07 Å². The molecule has 18 heavy (non-hydrogen) atoms. The summed E-state index contributed by atoms with van der Waals surface area (Å²) in [5.74, 6) is 0.648. The maximum absolute atomic E-state index is 6.15. The standard InChI is InChI=1S/C13H16BrCl2NO/c1-8(2)17-6-10-4-11(15)5-12(16)13(10)18-7-9(3)14/h4-5,8,17H,3,6-7H2,1-2H3. The van der Waals surface area contributed by atoms with Gasteiger partial charge >= 0.3 is 0 Å². The van der Waals surface area contributed by atoms with Gasteiger partial charge < -0.3 is 10.1 Å². The third-order valence-electron chi connectivity index (χ3n) is 2.16. The van der Waals surface area contributed by atoms with E-state index in [2.05, 4.69) is 41.7 Å². The van der Waals surface area contributed by atoms with Gasteiger partial charge in [-0.1, -0.05) is 59.6 Å². The van der Waals surface area contributed by atoms with Crippen molar-refractivity contribution in [3.05, 3.63) is 38.8 Å². The van der Waals surface area contributed by atoms with Crippen LogP contribution in [0.1, 0.15) is 19.4 Å². The molecular formula is C13H16BrCl2NO. The molecule has 0 saturated carbocycles. The number of nitrogens with one attached hydrogen (secondary N) is 1. The fourth-order valence-electron chi connectivity index (χ4n) is 1.37. The summed E-state index contributed by atoms with van der Waals surface area (Å²) in [6.07, 6.45) is 0. The lowest BCUT2D eigenvalue weighted by molar-refractivity contribution is 0.355. The van der Waals surface area contributed by atoms with Crippen molar-refractivity contribution in [2.75, 3.05) is 6.61 Å². The number of halogens is 3. The zero-order valence-electron chi connectivity index (χ0n) is 10.4. The summed E-state index contributed by atoms with van der Waals surface area (Å²) in [6.45, 7) is 8.91. The van der Waals surface area contributed by atoms with Gasteiger partial charge in [-0.05, 0) is 12.1 Å². The monoisotopic (exact) mass is 351 g/mol. The van der Waals surface area contributed by atoms with E-state index in [1.165, 1.54) is 0 Å². The van der Waals surface area contributed by atoms with Gasteiger partial charge in [-0.15, -0.1) is 0 Å². The van der Waals surface area contributed by atoms with Crippen molar-refractivity contribution in [2.24, 2.45) is 0 Å². The molecule has 0 aromatic heterocycles. The average Bonchev–Trinajstić information content (AvgIpc) is 2.24. The lowest BCUT2D eigenvalue weighted by atomic mass is 10.2. The Hall–Kier alpha value is -0.220. The Morgan fingerprint density at radius 1 is 1.44 bits per heavy atom. The van der Waals surface area contributed by atoms with Crippen LogP contribution >= 0.6 is 39.1 Å². The summed E-state index contributed by atoms with van der Waals surface area (Å²) in [4.78, 5) is 0. The van der Waals surface area contributed by atoms with Gasteiger partial charge in [-0.25, -0.2) is 0 Å². The van der Waals surface area contributed by atoms with Crippen molar-refractivity contribution in [3.63, 3.8) is 0 Å². The predicted molar refractivity (Wildman–Crippen MR) is 82.0 cm³/mol. The first-order valence-electron chi connectivity index (χ1n) is 5.57. The van der Waals surface area contributed by atoms with Gasteiger partial charge in [0.05, 0.1) is 5.02 Å². The molecular weight excluding hydrogens is 337 g/mol. The number of ether oxygens (including phenoxy) is 1. The molecule has 0 saturated heterocycles. The Balaban J connectivity index is 2.93. The van der Waals surface area contributed by atoms with Crippen molar-refractivity contribution < 1.29 is 4.74 Å². The van der Waals surface area contributed by atoms with E-state index in [-0.39, 0.29) is 0 Å². The van der Waals surface area contributed by atoms with Gasteiger partial charge in [0.25, 0.3) is 0 Å². The van der Waals surface area contributed by atoms with Crippen LogP contribution in [0.2, 0.25) is 10.0 Å². The van der Waals surface area contributed by atoms with E-state index in [9.17, 15) is 0 Å². The SMILES string of the molecule is C=C(Br)COc1c(Cl)cc(Cl)cc1CNC(C)C. The summed E-state index contributed by atoms with van der Waals surface area (Å²) >= 11 is 15.4. The van der Waals surface area contributed by atoms with Crippen LogP contribution in [0.3, 0.4) is 0 Å². The number of rotatable bonds is 6. The van der Waals surface area contributed by atoms with Gasteiger partial charge in [0.15, 0.2) is 0 Å². The maximum Gasteiger partial charge on any atom is 0.143 e. The van der Waals surface area contributed by atoms with E-state index in [0.29, 0.717) is 35.0 Å². The molecule has 1 aromatic rings. The van der Waals surface area contributed by atoms with Crippen LogP contribution in [-0.4, -0.2) is 12.6 Å². The predicted octanol–water partition coefficient (Wildman–Crippen LogP) is 4.78. The summed E-state index contributed by atoms with van der Waals surface area (Å²) in [6, 6.07) is 3.91. The highest BCUT2D eigenvalue weighted by atomic mass is 79.9. The molecule has 0 bridgehead atoms. The second-order valence-corrected chi connectivity index (χ2v) is 6.18. The summed E-state index contributed by atoms with van der Waals surface area (Å²) in [7, 11) is 0. The molecule has 0 heterocycles. The molecule has 0 aliphatic rings. The van der Waals surface area contributed by atoms with E-state index < -0.39 is 0 Å². The van der Waals surface area contributed by atoms with Gasteiger partial charge in [0.1, 0.15) is 12.4 Å². The minimum absolute atomic E-state index is 0.371. The molecule has 100 valence electrons. The first-order chi connectivity index (χ1) is 8.40. The Morgan fingerprint density at radius 2 is 2.11 bits per heavy atom. The van der Waals surface area contributed by atoms with Crippen molar-refractivity contribution in [1.82, 2.24) is 5.32 Å². The van der Waals surface area contributed by atoms with E-state index >= 15 is 0 Å². The van der Waals surface area contributed by atoms with Crippen LogP contribution < -0.4 is 10.1 Å². The Kier molecular flexibility index (Phi) is 6.50. The molecule has 0 aliphatic heterocycles. The van der Waals surface area contributed by atoms with E-state index in [0.717, 1.165) is 10.0 Å². The number of benzene rings is 1. The molecule has 1 rings (SSSR count). The van der Waals surface area contributed by atoms with Gasteiger partial charge in [-0.3, -0.25) is 0 Å². The minimum atomic E-state index is 0.371. The molecule has 2 nitrogen and oxygen atoms in total. The fourth-order valence-corrected chi connectivity index (χ4v) is 2.08. The van der Waals surface area contributed by atoms with Crippen LogP contribution in [0.4, 0.5) is 0 Å². The summed E-state index contributed by atoms with van der Waals surface area (Å²) < 4.78 is 6.40. The molecule has 1 N–H and O–H groups in total. The highest BCUT2D eigenvalue weighted by molar-refractivity contribution is 9.11. The zero-order valence-corrected chi connectivity index (χ0v) is 13.5. The third kappa shape index (κ3) is 5.19. The summed E-state index contributed by atoms with van der Waals surface area (Å²) in [5.41, 5.74) is 0.940. The van der Waals surface area contributed by atoms with Gasteiger partial charge in [0, 0.05) is 27.7 Å². The normalized spacial score (nSPS) is 10.8. The molecule has 0 radical (unpaired) electrons. The molecule has 5 heteroatoms. The maximum atomic E-state index is 6.15. The second-order valence-electron chi connectivity index (χ2n) is 4.22. The minimum Gasteiger partial charge on any atom is -0.486 e. The topological polar surface area (TPSA) is 21.3 Å². The molecule has 1 aromatic carbocycles. The quantitative estimate of drug-likeness (QED) is 0.795. The van der Waals surface area contributed by atoms with E-state index in [4.69, 9.17) is 27.9 Å². The highest BCUT2D eigenvalue weighted by Crippen LogP contribution is 2.33. The molecule has 0 unspecified atom stereocenters. The van der Waals surface area contributed by atoms with Crippen LogP contribution in [-0.2, 0) is 6.54 Å². The summed E-state index contributed by atoms with van der Waals surface area (Å²) in [5, 5.41) is 4.43. The number of hydrogen-bond acceptors (Lipinski definition) is 2. The Labute approximate surface area is 126 Å². The molecule has 0 amide bonds. The average molecular weight is 353 g/mol. The molecule has 0 spiro atoms. The van der Waals surface area contributed by atoms with E-state index in [1.54, 1.807) is 6.07 Å². The van der Waals surface area contributed by atoms with Crippen molar-refractivity contribution in [3.8, 4) is 5.75 Å². The van der Waals surface area contributed by atoms with Gasteiger partial charge in [-0.2, -0.15) is 0 Å². The number of hydrogen-bond donors (Lipinski definition) is 1. The van der Waals surface area contributed by atoms with Crippen molar-refractivity contribution in [2.45, 2.75) is 26.4 Å². The molecule has 0 aliphatic carbocycles. The van der Waals surface area contributed by atoms with Gasteiger partial charge in [0.2, 0.25) is 0 Å². The lowest BCUT2D eigenvalue weighted by Gasteiger charge is -2.15. The zero-order chi connectivity index (χ0) is 13.7. The van der Waals surface area contributed by atoms with Crippen LogP contribution in [0.25, 0.3) is 0 Å². The largest absolute Gasteiger partial charge is 0.486 e. The third-order valence-corrected chi connectivity index (χ3v) is 2.89. The van der Waals surface area contributed by atoms with Crippen molar-refractivity contribution >= 4 is 39.1 Å². The molecule has 0 fully saturated rings. The first kappa shape index (κ1) is 15.8. The fraction of sp³-hybridized carbons (Fsp3) is 0.385. The first-order valence-corrected chi connectivity index (χ1v) is 7.12. The lowest BCUT2D eigenvalue weighted by Crippen LogP contribution is -2.22. The molecule has 0 atom stereocenters. The van der Waals surface area contributed by atoms with Crippen LogP contribution in [0.15, 0.2) is 23.2 Å². The van der Waals surface area contributed by atoms with Crippen molar-refractivity contribution in [1.29, 1.82) is 0 Å². The van der Waals surface area contributed by atoms with Crippen LogP contribution in [0, 0.1) is 0 Å². The van der Waals surface area contributed by atoms with Crippen LogP contribution in [0.5, 0.6) is 5.75 Å². The second kappa shape index (κ2) is 7.39. The Bertz CT molecular complexity index is 435. The smallest absolute Gasteiger partial charge is 0.143 e.